The van der Waals surface area contributed by atoms with Gasteiger partial charge < -0.3 is 4.42 Å². The number of hydrogen-bond donors (Lipinski definition) is 0. The Hall–Kier alpha value is -2.95. The van der Waals surface area contributed by atoms with Gasteiger partial charge in [-0.2, -0.15) is 0 Å². The Morgan fingerprint density at radius 2 is 1.76 bits per heavy atom. The number of nitrogens with zero attached hydrogens (tertiary/aromatic N) is 1. The number of para-hydroxylation sites is 1. The Morgan fingerprint density at radius 3 is 2.48 bits per heavy atom. The summed E-state index contributed by atoms with van der Waals surface area (Å²) in [4.78, 5) is 22.1. The maximum Gasteiger partial charge on any atom is 0.339 e. The summed E-state index contributed by atoms with van der Waals surface area (Å²) in [6.45, 7) is 0. The molecule has 0 amide bonds. The topological polar surface area (TPSA) is 73.3 Å². The Balaban J connectivity index is 1.95. The molecule has 0 aliphatic heterocycles. The van der Waals surface area contributed by atoms with Crippen LogP contribution in [-0.4, -0.2) is 4.92 Å². The fourth-order valence-corrected chi connectivity index (χ4v) is 2.18. The van der Waals surface area contributed by atoms with E-state index in [9.17, 15) is 14.9 Å². The monoisotopic (exact) mass is 281 g/mol. The van der Waals surface area contributed by atoms with Crippen LogP contribution in [0.2, 0.25) is 0 Å². The minimum Gasteiger partial charge on any atom is -0.423 e. The number of nitro groups is 1. The summed E-state index contributed by atoms with van der Waals surface area (Å²) < 4.78 is 5.26. The van der Waals surface area contributed by atoms with E-state index in [1.165, 1.54) is 12.1 Å². The van der Waals surface area contributed by atoms with Crippen molar-refractivity contribution in [2.75, 3.05) is 0 Å². The van der Waals surface area contributed by atoms with Crippen LogP contribution in [0, 0.1) is 10.1 Å². The number of nitro benzene ring substituents is 1. The molecule has 0 aliphatic carbocycles. The van der Waals surface area contributed by atoms with E-state index in [-0.39, 0.29) is 11.3 Å². The molecule has 2 aromatic carbocycles. The van der Waals surface area contributed by atoms with E-state index >= 15 is 0 Å². The van der Waals surface area contributed by atoms with Crippen LogP contribution in [0.1, 0.15) is 11.1 Å². The van der Waals surface area contributed by atoms with Gasteiger partial charge in [-0.3, -0.25) is 10.1 Å². The van der Waals surface area contributed by atoms with Crippen molar-refractivity contribution in [3.05, 3.63) is 86.3 Å². The molecule has 0 bridgehead atoms. The molecule has 21 heavy (non-hydrogen) atoms. The Bertz CT molecular complexity index is 865. The molecule has 0 spiro atoms. The first kappa shape index (κ1) is 13.1. The molecule has 5 heteroatoms. The lowest BCUT2D eigenvalue weighted by Crippen LogP contribution is -2.07. The van der Waals surface area contributed by atoms with Crippen molar-refractivity contribution in [3.8, 4) is 0 Å². The zero-order valence-electron chi connectivity index (χ0n) is 11.0. The van der Waals surface area contributed by atoms with Gasteiger partial charge in [-0.05, 0) is 17.7 Å². The molecule has 0 N–H and O–H groups in total. The summed E-state index contributed by atoms with van der Waals surface area (Å²) in [6, 6.07) is 15.2. The highest BCUT2D eigenvalue weighted by molar-refractivity contribution is 5.76. The fourth-order valence-electron chi connectivity index (χ4n) is 2.18. The molecule has 0 radical (unpaired) electrons. The second-order valence-corrected chi connectivity index (χ2v) is 4.70. The third kappa shape index (κ3) is 2.67. The lowest BCUT2D eigenvalue weighted by atomic mass is 10.1. The average Bonchev–Trinajstić information content (AvgIpc) is 2.48. The van der Waals surface area contributed by atoms with Gasteiger partial charge in [0.1, 0.15) is 5.58 Å². The van der Waals surface area contributed by atoms with E-state index in [1.807, 2.05) is 12.1 Å². The minimum absolute atomic E-state index is 0.0318. The number of hydrogen-bond acceptors (Lipinski definition) is 4. The summed E-state index contributed by atoms with van der Waals surface area (Å²) in [5, 5.41) is 11.5. The molecule has 0 saturated carbocycles. The minimum atomic E-state index is -0.450. The summed E-state index contributed by atoms with van der Waals surface area (Å²) in [6.07, 6.45) is 0.380. The van der Waals surface area contributed by atoms with Crippen LogP contribution in [0.4, 0.5) is 5.69 Å². The number of benzene rings is 2. The summed E-state index contributed by atoms with van der Waals surface area (Å²) >= 11 is 0. The molecule has 0 aliphatic rings. The van der Waals surface area contributed by atoms with Crippen molar-refractivity contribution in [2.24, 2.45) is 0 Å². The molecule has 5 nitrogen and oxygen atoms in total. The van der Waals surface area contributed by atoms with E-state index < -0.39 is 4.92 Å². The van der Waals surface area contributed by atoms with Crippen LogP contribution >= 0.6 is 0 Å². The SMILES string of the molecule is O=c1oc2ccccc2cc1Cc1ccc([N+](=O)[O-])cc1. The predicted molar refractivity (Wildman–Crippen MR) is 78.4 cm³/mol. The van der Waals surface area contributed by atoms with E-state index in [0.717, 1.165) is 10.9 Å². The fraction of sp³-hybridized carbons (Fsp3) is 0.0625. The van der Waals surface area contributed by atoms with E-state index in [4.69, 9.17) is 4.42 Å². The van der Waals surface area contributed by atoms with Gasteiger partial charge in [0.25, 0.3) is 5.69 Å². The second-order valence-electron chi connectivity index (χ2n) is 4.70. The normalized spacial score (nSPS) is 10.7. The van der Waals surface area contributed by atoms with E-state index in [0.29, 0.717) is 17.6 Å². The van der Waals surface area contributed by atoms with Crippen LogP contribution in [0.5, 0.6) is 0 Å². The van der Waals surface area contributed by atoms with Crippen molar-refractivity contribution in [1.82, 2.24) is 0 Å². The molecular weight excluding hydrogens is 270 g/mol. The maximum absolute atomic E-state index is 11.9. The smallest absolute Gasteiger partial charge is 0.339 e. The molecule has 1 heterocycles. The Labute approximate surface area is 119 Å². The molecule has 104 valence electrons. The van der Waals surface area contributed by atoms with Gasteiger partial charge >= 0.3 is 5.63 Å². The van der Waals surface area contributed by atoms with E-state index in [1.54, 1.807) is 30.3 Å². The van der Waals surface area contributed by atoms with Crippen LogP contribution in [0.15, 0.2) is 63.8 Å². The standard InChI is InChI=1S/C16H11NO4/c18-16-13(10-12-3-1-2-4-15(12)21-16)9-11-5-7-14(8-6-11)17(19)20/h1-8,10H,9H2. The van der Waals surface area contributed by atoms with Crippen LogP contribution in [0.25, 0.3) is 11.0 Å². The lowest BCUT2D eigenvalue weighted by molar-refractivity contribution is -0.384. The zero-order valence-corrected chi connectivity index (χ0v) is 11.0. The molecular formula is C16H11NO4. The van der Waals surface area contributed by atoms with Crippen molar-refractivity contribution in [2.45, 2.75) is 6.42 Å². The summed E-state index contributed by atoms with van der Waals surface area (Å²) in [5.74, 6) is 0. The van der Waals surface area contributed by atoms with Crippen LogP contribution < -0.4 is 5.63 Å². The van der Waals surface area contributed by atoms with Crippen molar-refractivity contribution >= 4 is 16.7 Å². The van der Waals surface area contributed by atoms with Crippen molar-refractivity contribution in [1.29, 1.82) is 0 Å². The third-order valence-corrected chi connectivity index (χ3v) is 3.26. The van der Waals surface area contributed by atoms with Gasteiger partial charge in [0.2, 0.25) is 0 Å². The van der Waals surface area contributed by atoms with E-state index in [2.05, 4.69) is 0 Å². The second kappa shape index (κ2) is 5.20. The highest BCUT2D eigenvalue weighted by Crippen LogP contribution is 2.17. The first-order valence-electron chi connectivity index (χ1n) is 6.38. The summed E-state index contributed by atoms with van der Waals surface area (Å²) in [7, 11) is 0. The van der Waals surface area contributed by atoms with Gasteiger partial charge in [-0.25, -0.2) is 4.79 Å². The Morgan fingerprint density at radius 1 is 1.05 bits per heavy atom. The molecule has 0 unspecified atom stereocenters. The number of fused-ring (bicyclic) bond motifs is 1. The number of rotatable bonds is 3. The molecule has 3 aromatic rings. The largest absolute Gasteiger partial charge is 0.423 e. The first-order chi connectivity index (χ1) is 10.1. The van der Waals surface area contributed by atoms with Gasteiger partial charge in [0.15, 0.2) is 0 Å². The summed E-state index contributed by atoms with van der Waals surface area (Å²) in [5.41, 5.74) is 1.55. The number of non-ortho nitro benzene ring substituents is 1. The molecule has 0 fully saturated rings. The zero-order chi connectivity index (χ0) is 14.8. The molecule has 1 aromatic heterocycles. The highest BCUT2D eigenvalue weighted by Gasteiger charge is 2.08. The molecule has 0 atom stereocenters. The third-order valence-electron chi connectivity index (χ3n) is 3.26. The van der Waals surface area contributed by atoms with Gasteiger partial charge in [-0.1, -0.05) is 30.3 Å². The molecule has 3 rings (SSSR count). The average molecular weight is 281 g/mol. The van der Waals surface area contributed by atoms with Crippen molar-refractivity contribution in [3.63, 3.8) is 0 Å². The van der Waals surface area contributed by atoms with Gasteiger partial charge in [0.05, 0.1) is 4.92 Å². The predicted octanol–water partition coefficient (Wildman–Crippen LogP) is 3.29. The first-order valence-corrected chi connectivity index (χ1v) is 6.38. The van der Waals surface area contributed by atoms with Crippen LogP contribution in [0.3, 0.4) is 0 Å². The maximum atomic E-state index is 11.9. The molecule has 0 saturated heterocycles. The van der Waals surface area contributed by atoms with Gasteiger partial charge in [0, 0.05) is 29.5 Å². The Kier molecular flexibility index (Phi) is 3.23. The lowest BCUT2D eigenvalue weighted by Gasteiger charge is -2.02. The van der Waals surface area contributed by atoms with Gasteiger partial charge in [-0.15, -0.1) is 0 Å². The van der Waals surface area contributed by atoms with Crippen LogP contribution in [-0.2, 0) is 6.42 Å². The highest BCUT2D eigenvalue weighted by atomic mass is 16.6. The van der Waals surface area contributed by atoms with Crippen molar-refractivity contribution < 1.29 is 9.34 Å². The quantitative estimate of drug-likeness (QED) is 0.419.